The van der Waals surface area contributed by atoms with Crippen LogP contribution in [0, 0.1) is 6.92 Å². The molecule has 0 bridgehead atoms. The third-order valence-corrected chi connectivity index (χ3v) is 2.02. The van der Waals surface area contributed by atoms with Crippen molar-refractivity contribution in [1.82, 2.24) is 0 Å². The fraction of sp³-hybridized carbons (Fsp3) is 0.273. The Morgan fingerprint density at radius 3 is 2.92 bits per heavy atom. The van der Waals surface area contributed by atoms with E-state index < -0.39 is 0 Å². The fourth-order valence-electron chi connectivity index (χ4n) is 1.41. The van der Waals surface area contributed by atoms with Crippen molar-refractivity contribution in [2.45, 2.75) is 13.8 Å². The van der Waals surface area contributed by atoms with E-state index in [0.717, 1.165) is 12.4 Å². The first-order valence-electron chi connectivity index (χ1n) is 4.16. The standard InChI is InChI=1S/C11H12O/c1-8-3-4-11-10(5-8)6-9(2)7-12-11/h3-6H,7H2,1-2H3. The van der Waals surface area contributed by atoms with Crippen LogP contribution in [0.15, 0.2) is 23.8 Å². The second kappa shape index (κ2) is 2.67. The Labute approximate surface area is 72.7 Å². The summed E-state index contributed by atoms with van der Waals surface area (Å²) in [4.78, 5) is 0. The van der Waals surface area contributed by atoms with E-state index in [2.05, 4.69) is 32.1 Å². The van der Waals surface area contributed by atoms with Gasteiger partial charge in [-0.15, -0.1) is 0 Å². The highest BCUT2D eigenvalue weighted by Gasteiger charge is 2.07. The van der Waals surface area contributed by atoms with Gasteiger partial charge in [0.25, 0.3) is 0 Å². The van der Waals surface area contributed by atoms with Crippen LogP contribution in [0.1, 0.15) is 18.1 Å². The molecule has 62 valence electrons. The van der Waals surface area contributed by atoms with Crippen LogP contribution in [0.25, 0.3) is 6.08 Å². The number of rotatable bonds is 0. The van der Waals surface area contributed by atoms with Crippen molar-refractivity contribution in [3.63, 3.8) is 0 Å². The highest BCUT2D eigenvalue weighted by molar-refractivity contribution is 5.62. The van der Waals surface area contributed by atoms with E-state index in [1.54, 1.807) is 0 Å². The molecule has 1 aliphatic rings. The zero-order valence-corrected chi connectivity index (χ0v) is 7.42. The van der Waals surface area contributed by atoms with Gasteiger partial charge in [-0.3, -0.25) is 0 Å². The second-order valence-electron chi connectivity index (χ2n) is 3.32. The van der Waals surface area contributed by atoms with Crippen molar-refractivity contribution in [1.29, 1.82) is 0 Å². The van der Waals surface area contributed by atoms with Crippen LogP contribution in [0.4, 0.5) is 0 Å². The number of aryl methyl sites for hydroxylation is 1. The summed E-state index contributed by atoms with van der Waals surface area (Å²) in [6.07, 6.45) is 2.19. The molecule has 0 fully saturated rings. The summed E-state index contributed by atoms with van der Waals surface area (Å²) in [7, 11) is 0. The molecule has 0 amide bonds. The SMILES string of the molecule is CC1=Cc2cc(C)ccc2OC1. The third kappa shape index (κ3) is 1.22. The maximum atomic E-state index is 5.52. The van der Waals surface area contributed by atoms with E-state index in [1.807, 2.05) is 6.07 Å². The van der Waals surface area contributed by atoms with Gasteiger partial charge in [0.05, 0.1) is 0 Å². The summed E-state index contributed by atoms with van der Waals surface area (Å²) < 4.78 is 5.52. The molecule has 12 heavy (non-hydrogen) atoms. The quantitative estimate of drug-likeness (QED) is 0.567. The molecule has 1 heterocycles. The van der Waals surface area contributed by atoms with Gasteiger partial charge in [-0.25, -0.2) is 0 Å². The summed E-state index contributed by atoms with van der Waals surface area (Å²) in [5, 5.41) is 0. The minimum absolute atomic E-state index is 0.732. The van der Waals surface area contributed by atoms with Gasteiger partial charge in [0.1, 0.15) is 12.4 Å². The molecule has 0 atom stereocenters. The summed E-state index contributed by atoms with van der Waals surface area (Å²) in [6.45, 7) is 4.92. The molecule has 0 aromatic heterocycles. The smallest absolute Gasteiger partial charge is 0.127 e. The van der Waals surface area contributed by atoms with Crippen LogP contribution < -0.4 is 4.74 Å². The average molecular weight is 160 g/mol. The fourth-order valence-corrected chi connectivity index (χ4v) is 1.41. The minimum atomic E-state index is 0.732. The van der Waals surface area contributed by atoms with Gasteiger partial charge in [-0.2, -0.15) is 0 Å². The molecule has 0 saturated heterocycles. The van der Waals surface area contributed by atoms with Crippen LogP contribution in [-0.2, 0) is 0 Å². The minimum Gasteiger partial charge on any atom is -0.489 e. The van der Waals surface area contributed by atoms with Gasteiger partial charge < -0.3 is 4.74 Å². The first kappa shape index (κ1) is 7.41. The predicted octanol–water partition coefficient (Wildman–Crippen LogP) is 2.79. The normalized spacial score (nSPS) is 14.7. The molecule has 1 heteroatoms. The van der Waals surface area contributed by atoms with E-state index >= 15 is 0 Å². The summed E-state index contributed by atoms with van der Waals surface area (Å²) in [5.74, 6) is 1.01. The molecule has 1 aliphatic heterocycles. The molecule has 0 unspecified atom stereocenters. The zero-order chi connectivity index (χ0) is 8.55. The van der Waals surface area contributed by atoms with Crippen LogP contribution in [0.5, 0.6) is 5.75 Å². The molecule has 1 nitrogen and oxygen atoms in total. The van der Waals surface area contributed by atoms with Crippen molar-refractivity contribution in [2.24, 2.45) is 0 Å². The molecule has 0 spiro atoms. The lowest BCUT2D eigenvalue weighted by molar-refractivity contribution is 0.347. The summed E-state index contributed by atoms with van der Waals surface area (Å²) in [6, 6.07) is 6.26. The van der Waals surface area contributed by atoms with Crippen molar-refractivity contribution >= 4 is 6.08 Å². The Hall–Kier alpha value is -1.24. The molecule has 2 rings (SSSR count). The van der Waals surface area contributed by atoms with Crippen molar-refractivity contribution < 1.29 is 4.74 Å². The van der Waals surface area contributed by atoms with E-state index in [0.29, 0.717) is 0 Å². The van der Waals surface area contributed by atoms with Crippen LogP contribution in [-0.4, -0.2) is 6.61 Å². The third-order valence-electron chi connectivity index (χ3n) is 2.02. The summed E-state index contributed by atoms with van der Waals surface area (Å²) in [5.41, 5.74) is 3.77. The van der Waals surface area contributed by atoms with E-state index in [4.69, 9.17) is 4.74 Å². The molecule has 0 N–H and O–H groups in total. The average Bonchev–Trinajstić information content (AvgIpc) is 2.03. The zero-order valence-electron chi connectivity index (χ0n) is 7.42. The van der Waals surface area contributed by atoms with Gasteiger partial charge in [-0.1, -0.05) is 11.6 Å². The van der Waals surface area contributed by atoms with Gasteiger partial charge in [-0.05, 0) is 37.6 Å². The van der Waals surface area contributed by atoms with Crippen LogP contribution in [0.3, 0.4) is 0 Å². The Morgan fingerprint density at radius 2 is 2.08 bits per heavy atom. The highest BCUT2D eigenvalue weighted by Crippen LogP contribution is 2.26. The Bertz CT molecular complexity index is 337. The lowest BCUT2D eigenvalue weighted by Crippen LogP contribution is -2.04. The van der Waals surface area contributed by atoms with E-state index in [-0.39, 0.29) is 0 Å². The Morgan fingerprint density at radius 1 is 1.25 bits per heavy atom. The van der Waals surface area contributed by atoms with Crippen molar-refractivity contribution in [2.75, 3.05) is 6.61 Å². The van der Waals surface area contributed by atoms with Gasteiger partial charge in [0, 0.05) is 5.56 Å². The number of ether oxygens (including phenoxy) is 1. The molecular formula is C11H12O. The molecule has 0 saturated carbocycles. The molecule has 0 radical (unpaired) electrons. The van der Waals surface area contributed by atoms with Gasteiger partial charge >= 0.3 is 0 Å². The first-order valence-corrected chi connectivity index (χ1v) is 4.16. The lowest BCUT2D eigenvalue weighted by atomic mass is 10.1. The van der Waals surface area contributed by atoms with Gasteiger partial charge in [0.2, 0.25) is 0 Å². The predicted molar refractivity (Wildman–Crippen MR) is 50.3 cm³/mol. The number of hydrogen-bond donors (Lipinski definition) is 0. The first-order chi connectivity index (χ1) is 5.75. The van der Waals surface area contributed by atoms with Crippen LogP contribution >= 0.6 is 0 Å². The van der Waals surface area contributed by atoms with E-state index in [1.165, 1.54) is 16.7 Å². The highest BCUT2D eigenvalue weighted by atomic mass is 16.5. The van der Waals surface area contributed by atoms with Crippen LogP contribution in [0.2, 0.25) is 0 Å². The molecular weight excluding hydrogens is 148 g/mol. The number of hydrogen-bond acceptors (Lipinski definition) is 1. The maximum Gasteiger partial charge on any atom is 0.127 e. The van der Waals surface area contributed by atoms with Crippen molar-refractivity contribution in [3.8, 4) is 5.75 Å². The number of benzene rings is 1. The maximum absolute atomic E-state index is 5.52. The lowest BCUT2D eigenvalue weighted by Gasteiger charge is -2.15. The largest absolute Gasteiger partial charge is 0.489 e. The molecule has 0 aliphatic carbocycles. The monoisotopic (exact) mass is 160 g/mol. The second-order valence-corrected chi connectivity index (χ2v) is 3.32. The Balaban J connectivity index is 2.53. The topological polar surface area (TPSA) is 9.23 Å². The van der Waals surface area contributed by atoms with Gasteiger partial charge in [0.15, 0.2) is 0 Å². The van der Waals surface area contributed by atoms with E-state index in [9.17, 15) is 0 Å². The van der Waals surface area contributed by atoms with Crippen molar-refractivity contribution in [3.05, 3.63) is 34.9 Å². The summed E-state index contributed by atoms with van der Waals surface area (Å²) >= 11 is 0. The molecule has 1 aromatic rings. The molecule has 1 aromatic carbocycles. The number of fused-ring (bicyclic) bond motifs is 1. The Kier molecular flexibility index (Phi) is 1.65.